The zero-order chi connectivity index (χ0) is 16.8. The number of aliphatic carboxylic acids is 1. The Labute approximate surface area is 126 Å². The Kier molecular flexibility index (Phi) is 6.86. The van der Waals surface area contributed by atoms with Gasteiger partial charge in [0.15, 0.2) is 0 Å². The van der Waals surface area contributed by atoms with Gasteiger partial charge in [-0.2, -0.15) is 0 Å². The van der Waals surface area contributed by atoms with E-state index in [9.17, 15) is 14.4 Å². The molecular formula is C15H28N2O4. The molecule has 0 saturated carbocycles. The topological polar surface area (TPSA) is 95.5 Å². The van der Waals surface area contributed by atoms with Gasteiger partial charge in [-0.15, -0.1) is 0 Å². The average Bonchev–Trinajstić information content (AvgIpc) is 2.23. The van der Waals surface area contributed by atoms with Gasteiger partial charge in [-0.1, -0.05) is 20.8 Å². The van der Waals surface area contributed by atoms with Crippen LogP contribution in [0.4, 0.5) is 0 Å². The number of nitrogens with one attached hydrogen (secondary N) is 2. The van der Waals surface area contributed by atoms with Crippen molar-refractivity contribution in [3.63, 3.8) is 0 Å². The van der Waals surface area contributed by atoms with Crippen molar-refractivity contribution in [3.8, 4) is 0 Å². The Morgan fingerprint density at radius 1 is 1.10 bits per heavy atom. The number of carbonyl (C=O) groups is 3. The van der Waals surface area contributed by atoms with Crippen LogP contribution in [0.2, 0.25) is 0 Å². The van der Waals surface area contributed by atoms with Gasteiger partial charge in [0.05, 0.1) is 0 Å². The van der Waals surface area contributed by atoms with Crippen LogP contribution < -0.4 is 10.6 Å². The van der Waals surface area contributed by atoms with Gasteiger partial charge in [0.2, 0.25) is 11.8 Å². The van der Waals surface area contributed by atoms with Crippen molar-refractivity contribution in [1.29, 1.82) is 0 Å². The summed E-state index contributed by atoms with van der Waals surface area (Å²) in [5.41, 5.74) is -0.764. The molecule has 6 nitrogen and oxygen atoms in total. The Morgan fingerprint density at radius 2 is 1.62 bits per heavy atom. The molecule has 3 N–H and O–H groups in total. The molecule has 0 radical (unpaired) electrons. The summed E-state index contributed by atoms with van der Waals surface area (Å²) in [5.74, 6) is -1.38. The van der Waals surface area contributed by atoms with Crippen LogP contribution in [0.15, 0.2) is 0 Å². The first-order chi connectivity index (χ1) is 9.32. The van der Waals surface area contributed by atoms with Crippen LogP contribution in [0.1, 0.15) is 60.8 Å². The smallest absolute Gasteiger partial charge is 0.303 e. The van der Waals surface area contributed by atoms with E-state index in [1.54, 1.807) is 20.8 Å². The summed E-state index contributed by atoms with van der Waals surface area (Å²) in [5, 5.41) is 14.1. The third kappa shape index (κ3) is 9.87. The minimum atomic E-state index is -0.899. The lowest BCUT2D eigenvalue weighted by Gasteiger charge is -2.28. The first-order valence-corrected chi connectivity index (χ1v) is 7.15. The molecule has 0 bridgehead atoms. The number of rotatable bonds is 7. The second-order valence-corrected chi connectivity index (χ2v) is 7.29. The number of carbonyl (C=O) groups excluding carboxylic acids is 2. The maximum absolute atomic E-state index is 12.0. The number of hydrogen-bond donors (Lipinski definition) is 3. The van der Waals surface area contributed by atoms with Gasteiger partial charge in [0, 0.05) is 18.4 Å². The Morgan fingerprint density at radius 3 is 2.05 bits per heavy atom. The Balaban J connectivity index is 4.38. The number of amides is 2. The van der Waals surface area contributed by atoms with Crippen LogP contribution in [-0.4, -0.2) is 34.5 Å². The molecule has 2 amide bonds. The second kappa shape index (κ2) is 7.43. The maximum Gasteiger partial charge on any atom is 0.303 e. The molecule has 6 heteroatoms. The molecule has 0 aliphatic rings. The lowest BCUT2D eigenvalue weighted by Crippen LogP contribution is -2.52. The van der Waals surface area contributed by atoms with Crippen LogP contribution in [-0.2, 0) is 14.4 Å². The first kappa shape index (κ1) is 19.4. The van der Waals surface area contributed by atoms with E-state index in [-0.39, 0.29) is 23.7 Å². The van der Waals surface area contributed by atoms with Crippen molar-refractivity contribution < 1.29 is 19.5 Å². The Bertz CT molecular complexity index is 397. The fourth-order valence-electron chi connectivity index (χ4n) is 1.76. The van der Waals surface area contributed by atoms with E-state index in [2.05, 4.69) is 10.6 Å². The minimum absolute atomic E-state index is 0.0158. The molecule has 0 heterocycles. The quantitative estimate of drug-likeness (QED) is 0.666. The normalized spacial score (nSPS) is 13.4. The summed E-state index contributed by atoms with van der Waals surface area (Å²) in [4.78, 5) is 34.4. The minimum Gasteiger partial charge on any atom is -0.481 e. The van der Waals surface area contributed by atoms with Crippen molar-refractivity contribution >= 4 is 17.8 Å². The van der Waals surface area contributed by atoms with E-state index < -0.39 is 17.6 Å². The van der Waals surface area contributed by atoms with E-state index in [0.29, 0.717) is 12.8 Å². The molecule has 0 aromatic heterocycles. The highest BCUT2D eigenvalue weighted by atomic mass is 16.4. The van der Waals surface area contributed by atoms with Crippen LogP contribution in [0.3, 0.4) is 0 Å². The van der Waals surface area contributed by atoms with Gasteiger partial charge in [-0.05, 0) is 32.6 Å². The second-order valence-electron chi connectivity index (χ2n) is 7.29. The highest BCUT2D eigenvalue weighted by molar-refractivity contribution is 5.87. The molecule has 0 spiro atoms. The summed E-state index contributed by atoms with van der Waals surface area (Å²) in [6.45, 7) is 11.0. The summed E-state index contributed by atoms with van der Waals surface area (Å²) in [7, 11) is 0. The predicted molar refractivity (Wildman–Crippen MR) is 80.8 cm³/mol. The highest BCUT2D eigenvalue weighted by Crippen LogP contribution is 2.18. The molecule has 122 valence electrons. The molecular weight excluding hydrogens is 272 g/mol. The average molecular weight is 300 g/mol. The molecule has 1 unspecified atom stereocenters. The molecule has 0 aromatic rings. The van der Waals surface area contributed by atoms with E-state index in [0.717, 1.165) is 0 Å². The highest BCUT2D eigenvalue weighted by Gasteiger charge is 2.26. The third-order valence-electron chi connectivity index (χ3n) is 2.89. The SMILES string of the molecule is CC(NC(=O)CC(C)(C)C)C(=O)NC(C)(C)CCC(=O)O. The molecule has 0 rings (SSSR count). The maximum atomic E-state index is 12.0. The standard InChI is InChI=1S/C15H28N2O4/c1-10(16-11(18)9-14(2,3)4)13(21)17-15(5,6)8-7-12(19)20/h10H,7-9H2,1-6H3,(H,16,18)(H,17,21)(H,19,20). The first-order valence-electron chi connectivity index (χ1n) is 7.15. The van der Waals surface area contributed by atoms with Crippen molar-refractivity contribution in [1.82, 2.24) is 10.6 Å². The molecule has 1 atom stereocenters. The number of carboxylic acid groups (broad SMARTS) is 1. The van der Waals surface area contributed by atoms with Crippen molar-refractivity contribution in [2.24, 2.45) is 5.41 Å². The number of hydrogen-bond acceptors (Lipinski definition) is 3. The van der Waals surface area contributed by atoms with Crippen molar-refractivity contribution in [2.75, 3.05) is 0 Å². The predicted octanol–water partition coefficient (Wildman–Crippen LogP) is 1.69. The van der Waals surface area contributed by atoms with Crippen LogP contribution >= 0.6 is 0 Å². The lowest BCUT2D eigenvalue weighted by molar-refractivity contribution is -0.138. The zero-order valence-corrected chi connectivity index (χ0v) is 13.9. The van der Waals surface area contributed by atoms with E-state index in [1.165, 1.54) is 0 Å². The van der Waals surface area contributed by atoms with Gasteiger partial charge < -0.3 is 15.7 Å². The van der Waals surface area contributed by atoms with Crippen LogP contribution in [0.5, 0.6) is 0 Å². The van der Waals surface area contributed by atoms with Crippen molar-refractivity contribution in [2.45, 2.75) is 72.4 Å². The Hall–Kier alpha value is -1.59. The molecule has 0 aromatic carbocycles. The van der Waals surface area contributed by atoms with Gasteiger partial charge in [0.1, 0.15) is 6.04 Å². The van der Waals surface area contributed by atoms with Crippen LogP contribution in [0.25, 0.3) is 0 Å². The molecule has 0 saturated heterocycles. The fourth-order valence-corrected chi connectivity index (χ4v) is 1.76. The van der Waals surface area contributed by atoms with Gasteiger partial charge in [0.25, 0.3) is 0 Å². The summed E-state index contributed by atoms with van der Waals surface area (Å²) >= 11 is 0. The molecule has 0 aliphatic carbocycles. The summed E-state index contributed by atoms with van der Waals surface area (Å²) in [6.07, 6.45) is 0.655. The molecule has 0 aliphatic heterocycles. The summed E-state index contributed by atoms with van der Waals surface area (Å²) in [6, 6.07) is -0.649. The van der Waals surface area contributed by atoms with E-state index in [4.69, 9.17) is 5.11 Å². The third-order valence-corrected chi connectivity index (χ3v) is 2.89. The largest absolute Gasteiger partial charge is 0.481 e. The molecule has 0 fully saturated rings. The fraction of sp³-hybridized carbons (Fsp3) is 0.800. The summed E-state index contributed by atoms with van der Waals surface area (Å²) < 4.78 is 0. The van der Waals surface area contributed by atoms with E-state index in [1.807, 2.05) is 20.8 Å². The van der Waals surface area contributed by atoms with Crippen molar-refractivity contribution in [3.05, 3.63) is 0 Å². The monoisotopic (exact) mass is 300 g/mol. The van der Waals surface area contributed by atoms with Gasteiger partial charge >= 0.3 is 5.97 Å². The number of carboxylic acids is 1. The van der Waals surface area contributed by atoms with Crippen LogP contribution in [0, 0.1) is 5.41 Å². The van der Waals surface area contributed by atoms with Gasteiger partial charge in [-0.3, -0.25) is 14.4 Å². The van der Waals surface area contributed by atoms with E-state index >= 15 is 0 Å². The zero-order valence-electron chi connectivity index (χ0n) is 13.9. The lowest BCUT2D eigenvalue weighted by atomic mass is 9.92. The molecule has 21 heavy (non-hydrogen) atoms. The van der Waals surface area contributed by atoms with Gasteiger partial charge in [-0.25, -0.2) is 0 Å².